The Morgan fingerprint density at radius 3 is 2.28 bits per heavy atom. The zero-order chi connectivity index (χ0) is 22.8. The van der Waals surface area contributed by atoms with Crippen molar-refractivity contribution in [1.82, 2.24) is 4.90 Å². The molecule has 2 amide bonds. The number of nitrogens with one attached hydrogen (secondary N) is 1. The number of rotatable bonds is 6. The minimum atomic E-state index is -0.498. The average molecular weight is 430 g/mol. The number of benzene rings is 3. The molecule has 162 valence electrons. The first kappa shape index (κ1) is 21.3. The van der Waals surface area contributed by atoms with Gasteiger partial charge in [0.15, 0.2) is 0 Å². The van der Waals surface area contributed by atoms with Crippen molar-refractivity contribution in [2.24, 2.45) is 0 Å². The molecule has 5 nitrogen and oxygen atoms in total. The number of hydrogen-bond acceptors (Lipinski definition) is 4. The topological polar surface area (TPSA) is 58.6 Å². The van der Waals surface area contributed by atoms with E-state index in [-0.39, 0.29) is 23.4 Å². The zero-order valence-electron chi connectivity index (χ0n) is 18.1. The third-order valence-electron chi connectivity index (χ3n) is 5.61. The summed E-state index contributed by atoms with van der Waals surface area (Å²) in [6.45, 7) is 3.79. The molecule has 0 unspecified atom stereocenters. The molecule has 32 heavy (non-hydrogen) atoms. The van der Waals surface area contributed by atoms with Crippen LogP contribution >= 0.6 is 0 Å². The van der Waals surface area contributed by atoms with Crippen LogP contribution in [0.5, 0.6) is 5.75 Å². The molecule has 0 radical (unpaired) electrons. The number of hydrogen-bond donors (Lipinski definition) is 1. The van der Waals surface area contributed by atoms with Crippen LogP contribution in [0.1, 0.15) is 22.3 Å². The van der Waals surface area contributed by atoms with Crippen molar-refractivity contribution < 1.29 is 18.7 Å². The van der Waals surface area contributed by atoms with Crippen LogP contribution in [-0.2, 0) is 16.1 Å². The SMILES string of the molecule is COc1ccc(NC2=C(c3ccc(C)c(C)c3)C(=O)N(Cc3ccccc3F)C2=O)cc1. The van der Waals surface area contributed by atoms with Crippen molar-refractivity contribution in [3.8, 4) is 5.75 Å². The van der Waals surface area contributed by atoms with Crippen molar-refractivity contribution >= 4 is 23.1 Å². The molecular weight excluding hydrogens is 407 g/mol. The maximum atomic E-state index is 14.2. The Labute approximate surface area is 186 Å². The molecule has 0 fully saturated rings. The summed E-state index contributed by atoms with van der Waals surface area (Å²) >= 11 is 0. The summed E-state index contributed by atoms with van der Waals surface area (Å²) in [5, 5.41) is 3.10. The van der Waals surface area contributed by atoms with Gasteiger partial charge in [-0.15, -0.1) is 0 Å². The van der Waals surface area contributed by atoms with Crippen molar-refractivity contribution in [1.29, 1.82) is 0 Å². The number of anilines is 1. The Kier molecular flexibility index (Phi) is 5.77. The highest BCUT2D eigenvalue weighted by molar-refractivity contribution is 6.36. The van der Waals surface area contributed by atoms with Crippen molar-refractivity contribution in [2.45, 2.75) is 20.4 Å². The second-order valence-electron chi connectivity index (χ2n) is 7.69. The zero-order valence-corrected chi connectivity index (χ0v) is 18.1. The van der Waals surface area contributed by atoms with Crippen molar-refractivity contribution in [3.63, 3.8) is 0 Å². The van der Waals surface area contributed by atoms with Crippen LogP contribution in [0.2, 0.25) is 0 Å². The van der Waals surface area contributed by atoms with Gasteiger partial charge in [-0.3, -0.25) is 14.5 Å². The molecule has 3 aromatic rings. The van der Waals surface area contributed by atoms with Crippen LogP contribution in [0.25, 0.3) is 5.57 Å². The summed E-state index contributed by atoms with van der Waals surface area (Å²) in [7, 11) is 1.57. The van der Waals surface area contributed by atoms with Gasteiger partial charge in [0.25, 0.3) is 11.8 Å². The van der Waals surface area contributed by atoms with E-state index in [9.17, 15) is 14.0 Å². The summed E-state index contributed by atoms with van der Waals surface area (Å²) in [4.78, 5) is 27.8. The number of carbonyl (C=O) groups is 2. The van der Waals surface area contributed by atoms with E-state index < -0.39 is 17.6 Å². The van der Waals surface area contributed by atoms with E-state index in [1.807, 2.05) is 32.0 Å². The number of methoxy groups -OCH3 is 1. The fourth-order valence-electron chi connectivity index (χ4n) is 3.62. The highest BCUT2D eigenvalue weighted by Crippen LogP contribution is 2.33. The molecule has 0 aliphatic carbocycles. The van der Waals surface area contributed by atoms with Gasteiger partial charge in [-0.1, -0.05) is 36.4 Å². The molecule has 1 N–H and O–H groups in total. The number of amides is 2. The molecule has 0 spiro atoms. The normalized spacial score (nSPS) is 13.7. The number of ether oxygens (including phenoxy) is 1. The van der Waals surface area contributed by atoms with Gasteiger partial charge in [0.1, 0.15) is 17.3 Å². The number of imide groups is 1. The lowest BCUT2D eigenvalue weighted by atomic mass is 9.99. The molecule has 0 aromatic heterocycles. The molecule has 3 aromatic carbocycles. The summed E-state index contributed by atoms with van der Waals surface area (Å²) in [5.74, 6) is -0.744. The second kappa shape index (κ2) is 8.67. The Morgan fingerprint density at radius 1 is 0.906 bits per heavy atom. The quantitative estimate of drug-likeness (QED) is 0.569. The van der Waals surface area contributed by atoms with Gasteiger partial charge in [-0.25, -0.2) is 4.39 Å². The number of halogens is 1. The molecule has 0 saturated heterocycles. The van der Waals surface area contributed by atoms with E-state index in [0.717, 1.165) is 16.0 Å². The van der Waals surface area contributed by atoms with E-state index in [4.69, 9.17) is 4.74 Å². The molecule has 0 saturated carbocycles. The number of carbonyl (C=O) groups excluding carboxylic acids is 2. The lowest BCUT2D eigenvalue weighted by molar-refractivity contribution is -0.137. The molecule has 1 aliphatic heterocycles. The molecular formula is C26H23FN2O3. The monoisotopic (exact) mass is 430 g/mol. The predicted molar refractivity (Wildman–Crippen MR) is 121 cm³/mol. The van der Waals surface area contributed by atoms with Crippen LogP contribution in [0, 0.1) is 19.7 Å². The highest BCUT2D eigenvalue weighted by atomic mass is 19.1. The minimum absolute atomic E-state index is 0.146. The predicted octanol–water partition coefficient (Wildman–Crippen LogP) is 4.84. The smallest absolute Gasteiger partial charge is 0.278 e. The third kappa shape index (κ3) is 3.99. The van der Waals surface area contributed by atoms with Crippen LogP contribution in [0.4, 0.5) is 10.1 Å². The molecule has 1 aliphatic rings. The summed E-state index contributed by atoms with van der Waals surface area (Å²) < 4.78 is 19.4. The van der Waals surface area contributed by atoms with Crippen LogP contribution < -0.4 is 10.1 Å². The third-order valence-corrected chi connectivity index (χ3v) is 5.61. The fraction of sp³-hybridized carbons (Fsp3) is 0.154. The average Bonchev–Trinajstić information content (AvgIpc) is 3.02. The van der Waals surface area contributed by atoms with E-state index in [0.29, 0.717) is 17.0 Å². The first-order valence-corrected chi connectivity index (χ1v) is 10.2. The van der Waals surface area contributed by atoms with Gasteiger partial charge in [0.2, 0.25) is 0 Å². The highest BCUT2D eigenvalue weighted by Gasteiger charge is 2.39. The first-order valence-electron chi connectivity index (χ1n) is 10.2. The Morgan fingerprint density at radius 2 is 1.62 bits per heavy atom. The molecule has 0 bridgehead atoms. The van der Waals surface area contributed by atoms with E-state index in [1.165, 1.54) is 6.07 Å². The van der Waals surface area contributed by atoms with Crippen LogP contribution in [0.3, 0.4) is 0 Å². The lowest BCUT2D eigenvalue weighted by Gasteiger charge is -2.16. The van der Waals surface area contributed by atoms with Crippen LogP contribution in [0.15, 0.2) is 72.4 Å². The maximum absolute atomic E-state index is 14.2. The van der Waals surface area contributed by atoms with Gasteiger partial charge < -0.3 is 10.1 Å². The van der Waals surface area contributed by atoms with E-state index >= 15 is 0 Å². The lowest BCUT2D eigenvalue weighted by Crippen LogP contribution is -2.32. The van der Waals surface area contributed by atoms with Gasteiger partial charge in [-0.05, 0) is 60.9 Å². The van der Waals surface area contributed by atoms with Crippen molar-refractivity contribution in [3.05, 3.63) is 100 Å². The van der Waals surface area contributed by atoms with Gasteiger partial charge in [0.05, 0.1) is 19.2 Å². The Hall–Kier alpha value is -3.93. The fourth-order valence-corrected chi connectivity index (χ4v) is 3.62. The minimum Gasteiger partial charge on any atom is -0.497 e. The number of aryl methyl sites for hydroxylation is 2. The van der Waals surface area contributed by atoms with Gasteiger partial charge in [-0.2, -0.15) is 0 Å². The van der Waals surface area contributed by atoms with Crippen LogP contribution in [-0.4, -0.2) is 23.8 Å². The summed E-state index contributed by atoms with van der Waals surface area (Å²) in [6, 6.07) is 18.8. The molecule has 1 heterocycles. The van der Waals surface area contributed by atoms with E-state index in [2.05, 4.69) is 5.32 Å². The Balaban J connectivity index is 1.76. The molecule has 0 atom stereocenters. The van der Waals surface area contributed by atoms with E-state index in [1.54, 1.807) is 49.6 Å². The Bertz CT molecular complexity index is 1230. The summed E-state index contributed by atoms with van der Waals surface area (Å²) in [6.07, 6.45) is 0. The number of nitrogens with zero attached hydrogens (tertiary/aromatic N) is 1. The maximum Gasteiger partial charge on any atom is 0.278 e. The van der Waals surface area contributed by atoms with Crippen molar-refractivity contribution in [2.75, 3.05) is 12.4 Å². The summed E-state index contributed by atoms with van der Waals surface area (Å²) in [5.41, 5.74) is 4.07. The molecule has 6 heteroatoms. The van der Waals surface area contributed by atoms with Gasteiger partial charge in [0, 0.05) is 11.3 Å². The standard InChI is InChI=1S/C26H23FN2O3/c1-16-8-9-18(14-17(16)2)23-24(28-20-10-12-21(32-3)13-11-20)26(31)29(25(23)30)15-19-6-4-5-7-22(19)27/h4-14,28H,15H2,1-3H3. The first-order chi connectivity index (χ1) is 15.4. The second-order valence-corrected chi connectivity index (χ2v) is 7.69. The molecule has 4 rings (SSSR count). The largest absolute Gasteiger partial charge is 0.497 e. The van der Waals surface area contributed by atoms with Gasteiger partial charge >= 0.3 is 0 Å².